The van der Waals surface area contributed by atoms with Gasteiger partial charge in [0.05, 0.1) is 6.20 Å². The molecule has 0 atom stereocenters. The molecule has 1 aliphatic rings. The fourth-order valence-electron chi connectivity index (χ4n) is 2.13. The summed E-state index contributed by atoms with van der Waals surface area (Å²) in [5, 5.41) is 0. The molecule has 2 aromatic rings. The largest absolute Gasteiger partial charge is 0.484 e. The Morgan fingerprint density at radius 3 is 3.06 bits per heavy atom. The lowest BCUT2D eigenvalue weighted by Gasteiger charge is -2.05. The van der Waals surface area contributed by atoms with Gasteiger partial charge in [0.2, 0.25) is 5.89 Å². The molecule has 3 rings (SSSR count). The Morgan fingerprint density at radius 1 is 1.39 bits per heavy atom. The van der Waals surface area contributed by atoms with Gasteiger partial charge in [0.1, 0.15) is 11.5 Å². The zero-order valence-electron chi connectivity index (χ0n) is 10.1. The number of carbonyl (C=O) groups is 1. The summed E-state index contributed by atoms with van der Waals surface area (Å²) in [6.07, 6.45) is 3.08. The third-order valence-corrected chi connectivity index (χ3v) is 3.03. The summed E-state index contributed by atoms with van der Waals surface area (Å²) in [7, 11) is 0. The van der Waals surface area contributed by atoms with Crippen LogP contribution >= 0.6 is 0 Å². The zero-order chi connectivity index (χ0) is 12.5. The molecule has 0 saturated carbocycles. The van der Waals surface area contributed by atoms with Crippen LogP contribution in [0.3, 0.4) is 0 Å². The number of fused-ring (bicyclic) bond motifs is 1. The van der Waals surface area contributed by atoms with Crippen LogP contribution in [0.1, 0.15) is 34.0 Å². The van der Waals surface area contributed by atoms with Crippen LogP contribution in [-0.4, -0.2) is 10.8 Å². The van der Waals surface area contributed by atoms with Gasteiger partial charge in [-0.2, -0.15) is 0 Å². The number of Topliss-reactive ketones (excluding diaryl/α,β-unsaturated/α-hetero) is 1. The first-order valence-corrected chi connectivity index (χ1v) is 5.92. The van der Waals surface area contributed by atoms with E-state index in [0.29, 0.717) is 18.9 Å². The Balaban J connectivity index is 1.72. The minimum atomic E-state index is 0.222. The van der Waals surface area contributed by atoms with E-state index in [1.54, 1.807) is 6.20 Å². The summed E-state index contributed by atoms with van der Waals surface area (Å²) >= 11 is 0. The average Bonchev–Trinajstić information content (AvgIpc) is 2.94. The van der Waals surface area contributed by atoms with Crippen molar-refractivity contribution in [2.45, 2.75) is 26.4 Å². The van der Waals surface area contributed by atoms with E-state index >= 15 is 0 Å². The average molecular weight is 243 g/mol. The molecule has 1 aromatic heterocycles. The molecule has 0 amide bonds. The molecule has 0 N–H and O–H groups in total. The number of aromatic nitrogens is 1. The molecule has 0 bridgehead atoms. The highest BCUT2D eigenvalue weighted by Crippen LogP contribution is 2.26. The minimum absolute atomic E-state index is 0.222. The Morgan fingerprint density at radius 2 is 2.28 bits per heavy atom. The number of carbonyl (C=O) groups excluding carboxylic acids is 1. The van der Waals surface area contributed by atoms with Gasteiger partial charge >= 0.3 is 0 Å². The molecular formula is C14H13NO3. The third-order valence-electron chi connectivity index (χ3n) is 3.03. The van der Waals surface area contributed by atoms with Crippen molar-refractivity contribution in [1.29, 1.82) is 0 Å². The molecule has 92 valence electrons. The summed E-state index contributed by atoms with van der Waals surface area (Å²) in [5.74, 6) is 2.30. The van der Waals surface area contributed by atoms with Crippen LogP contribution in [0.25, 0.3) is 0 Å². The van der Waals surface area contributed by atoms with E-state index in [1.165, 1.54) is 0 Å². The first-order valence-electron chi connectivity index (χ1n) is 5.92. The smallest absolute Gasteiger partial charge is 0.232 e. The SMILES string of the molecule is Cc1cnc(COc2ccc3c(c2)CCC3=O)o1. The van der Waals surface area contributed by atoms with Crippen LogP contribution in [0.5, 0.6) is 5.75 Å². The van der Waals surface area contributed by atoms with Crippen molar-refractivity contribution < 1.29 is 13.9 Å². The van der Waals surface area contributed by atoms with Crippen LogP contribution in [0.4, 0.5) is 0 Å². The highest BCUT2D eigenvalue weighted by molar-refractivity contribution is 6.00. The molecule has 0 spiro atoms. The summed E-state index contributed by atoms with van der Waals surface area (Å²) in [6, 6.07) is 5.58. The maximum atomic E-state index is 11.5. The van der Waals surface area contributed by atoms with Gasteiger partial charge in [-0.1, -0.05) is 0 Å². The number of rotatable bonds is 3. The van der Waals surface area contributed by atoms with Crippen LogP contribution in [0, 0.1) is 6.92 Å². The van der Waals surface area contributed by atoms with E-state index in [0.717, 1.165) is 29.1 Å². The van der Waals surface area contributed by atoms with Crippen molar-refractivity contribution >= 4 is 5.78 Å². The highest BCUT2D eigenvalue weighted by atomic mass is 16.5. The van der Waals surface area contributed by atoms with Gasteiger partial charge in [-0.3, -0.25) is 4.79 Å². The fraction of sp³-hybridized carbons (Fsp3) is 0.286. The molecule has 0 saturated heterocycles. The maximum absolute atomic E-state index is 11.5. The topological polar surface area (TPSA) is 52.3 Å². The van der Waals surface area contributed by atoms with Gasteiger partial charge in [0.15, 0.2) is 12.4 Å². The number of ketones is 1. The fourth-order valence-corrected chi connectivity index (χ4v) is 2.13. The second kappa shape index (κ2) is 4.29. The van der Waals surface area contributed by atoms with Crippen LogP contribution < -0.4 is 4.74 Å². The molecule has 0 aliphatic heterocycles. The van der Waals surface area contributed by atoms with Gasteiger partial charge in [-0.05, 0) is 37.1 Å². The second-order valence-corrected chi connectivity index (χ2v) is 4.40. The van der Waals surface area contributed by atoms with Crippen molar-refractivity contribution in [1.82, 2.24) is 4.98 Å². The molecule has 0 radical (unpaired) electrons. The molecule has 1 heterocycles. The molecule has 1 aliphatic carbocycles. The molecule has 4 nitrogen and oxygen atoms in total. The third kappa shape index (κ3) is 2.01. The van der Waals surface area contributed by atoms with Gasteiger partial charge < -0.3 is 9.15 Å². The highest BCUT2D eigenvalue weighted by Gasteiger charge is 2.19. The lowest BCUT2D eigenvalue weighted by molar-refractivity contribution is 0.0994. The van der Waals surface area contributed by atoms with Gasteiger partial charge in [-0.25, -0.2) is 4.98 Å². The van der Waals surface area contributed by atoms with Gasteiger partial charge in [0.25, 0.3) is 0 Å². The number of aryl methyl sites for hydroxylation is 2. The van der Waals surface area contributed by atoms with Crippen molar-refractivity contribution in [2.75, 3.05) is 0 Å². The lowest BCUT2D eigenvalue weighted by atomic mass is 10.1. The summed E-state index contributed by atoms with van der Waals surface area (Å²) in [5.41, 5.74) is 1.90. The van der Waals surface area contributed by atoms with Crippen LogP contribution in [0.15, 0.2) is 28.8 Å². The molecule has 18 heavy (non-hydrogen) atoms. The number of ether oxygens (including phenoxy) is 1. The van der Waals surface area contributed by atoms with E-state index < -0.39 is 0 Å². The van der Waals surface area contributed by atoms with E-state index in [4.69, 9.17) is 9.15 Å². The van der Waals surface area contributed by atoms with Gasteiger partial charge in [-0.15, -0.1) is 0 Å². The zero-order valence-corrected chi connectivity index (χ0v) is 10.1. The molecular weight excluding hydrogens is 230 g/mol. The Labute approximate surface area is 105 Å². The number of benzene rings is 1. The minimum Gasteiger partial charge on any atom is -0.484 e. The molecule has 1 aromatic carbocycles. The maximum Gasteiger partial charge on any atom is 0.232 e. The molecule has 0 unspecified atom stereocenters. The van der Waals surface area contributed by atoms with E-state index in [-0.39, 0.29) is 5.78 Å². The van der Waals surface area contributed by atoms with Crippen molar-refractivity contribution in [3.05, 3.63) is 47.2 Å². The quantitative estimate of drug-likeness (QED) is 0.831. The second-order valence-electron chi connectivity index (χ2n) is 4.40. The standard InChI is InChI=1S/C14H13NO3/c1-9-7-15-14(18-9)8-17-11-3-4-12-10(6-11)2-5-13(12)16/h3-4,6-7H,2,5,8H2,1H3. The van der Waals surface area contributed by atoms with Crippen molar-refractivity contribution in [3.63, 3.8) is 0 Å². The Bertz CT molecular complexity index is 601. The predicted molar refractivity (Wildman–Crippen MR) is 64.7 cm³/mol. The van der Waals surface area contributed by atoms with Crippen LogP contribution in [-0.2, 0) is 13.0 Å². The Hall–Kier alpha value is -2.10. The summed E-state index contributed by atoms with van der Waals surface area (Å²) in [6.45, 7) is 2.15. The normalized spacial score (nSPS) is 13.7. The monoisotopic (exact) mass is 243 g/mol. The number of nitrogens with zero attached hydrogens (tertiary/aromatic N) is 1. The summed E-state index contributed by atoms with van der Waals surface area (Å²) in [4.78, 5) is 15.6. The van der Waals surface area contributed by atoms with E-state index in [2.05, 4.69) is 4.98 Å². The summed E-state index contributed by atoms with van der Waals surface area (Å²) < 4.78 is 10.9. The van der Waals surface area contributed by atoms with Crippen LogP contribution in [0.2, 0.25) is 0 Å². The number of oxazole rings is 1. The number of hydrogen-bond donors (Lipinski definition) is 0. The van der Waals surface area contributed by atoms with Crippen molar-refractivity contribution in [2.24, 2.45) is 0 Å². The molecule has 0 fully saturated rings. The first kappa shape index (κ1) is 11.0. The predicted octanol–water partition coefficient (Wildman–Crippen LogP) is 2.69. The first-order chi connectivity index (χ1) is 8.72. The lowest BCUT2D eigenvalue weighted by Crippen LogP contribution is -1.97. The number of hydrogen-bond acceptors (Lipinski definition) is 4. The van der Waals surface area contributed by atoms with Crippen molar-refractivity contribution in [3.8, 4) is 5.75 Å². The molecule has 4 heteroatoms. The van der Waals surface area contributed by atoms with Gasteiger partial charge in [0, 0.05) is 12.0 Å². The van der Waals surface area contributed by atoms with E-state index in [1.807, 2.05) is 25.1 Å². The Kier molecular flexibility index (Phi) is 2.63. The van der Waals surface area contributed by atoms with E-state index in [9.17, 15) is 4.79 Å².